The minimum Gasteiger partial charge on any atom is -0.354 e. The van der Waals surface area contributed by atoms with Crippen molar-refractivity contribution in [3.63, 3.8) is 0 Å². The van der Waals surface area contributed by atoms with Crippen molar-refractivity contribution in [1.82, 2.24) is 4.98 Å². The molecule has 3 rings (SSSR count). The fraction of sp³-hybridized carbons (Fsp3) is 0.389. The first-order valence-electron chi connectivity index (χ1n) is 8.37. The summed E-state index contributed by atoms with van der Waals surface area (Å²) in [7, 11) is -4.21. The van der Waals surface area contributed by atoms with Gasteiger partial charge in [0.2, 0.25) is 10.0 Å². The van der Waals surface area contributed by atoms with Crippen LogP contribution in [0.5, 0.6) is 0 Å². The number of rotatable bonds is 4. The van der Waals surface area contributed by atoms with Crippen LogP contribution in [-0.4, -0.2) is 26.5 Å². The van der Waals surface area contributed by atoms with Crippen LogP contribution >= 0.6 is 0 Å². The van der Waals surface area contributed by atoms with Crippen molar-refractivity contribution < 1.29 is 21.6 Å². The number of nitrogens with two attached hydrogens (primary N) is 1. The SMILES string of the molecule is CC(C)C1(c2ccccc2)CN(c2nc(C(F)(F)F)ccc2S(N)(=O)=O)C1. The van der Waals surface area contributed by atoms with Gasteiger partial charge in [-0.1, -0.05) is 44.2 Å². The van der Waals surface area contributed by atoms with Gasteiger partial charge in [-0.05, 0) is 23.6 Å². The van der Waals surface area contributed by atoms with E-state index in [0.29, 0.717) is 19.2 Å². The second-order valence-electron chi connectivity index (χ2n) is 7.09. The maximum atomic E-state index is 13.1. The number of alkyl halides is 3. The van der Waals surface area contributed by atoms with Crippen molar-refractivity contribution in [3.8, 4) is 0 Å². The monoisotopic (exact) mass is 399 g/mol. The summed E-state index contributed by atoms with van der Waals surface area (Å²) >= 11 is 0. The highest BCUT2D eigenvalue weighted by molar-refractivity contribution is 7.89. The van der Waals surface area contributed by atoms with Gasteiger partial charge in [0, 0.05) is 18.5 Å². The number of hydrogen-bond donors (Lipinski definition) is 1. The van der Waals surface area contributed by atoms with E-state index in [1.165, 1.54) is 0 Å². The highest BCUT2D eigenvalue weighted by atomic mass is 32.2. The van der Waals surface area contributed by atoms with E-state index in [1.54, 1.807) is 4.90 Å². The van der Waals surface area contributed by atoms with Crippen LogP contribution in [0.4, 0.5) is 19.0 Å². The molecule has 0 spiro atoms. The van der Waals surface area contributed by atoms with Crippen molar-refractivity contribution in [2.75, 3.05) is 18.0 Å². The molecule has 1 aromatic heterocycles. The Morgan fingerprint density at radius 3 is 2.19 bits per heavy atom. The molecule has 1 fully saturated rings. The van der Waals surface area contributed by atoms with Crippen LogP contribution in [0.15, 0.2) is 47.4 Å². The molecule has 5 nitrogen and oxygen atoms in total. The molecule has 0 bridgehead atoms. The van der Waals surface area contributed by atoms with Crippen LogP contribution in [0.25, 0.3) is 0 Å². The Labute approximate surface area is 156 Å². The summed E-state index contributed by atoms with van der Waals surface area (Å²) in [5.74, 6) is -0.0561. The molecule has 146 valence electrons. The fourth-order valence-corrected chi connectivity index (χ4v) is 4.16. The molecule has 27 heavy (non-hydrogen) atoms. The first-order chi connectivity index (χ1) is 12.4. The molecule has 0 radical (unpaired) electrons. The van der Waals surface area contributed by atoms with Crippen LogP contribution in [0.2, 0.25) is 0 Å². The molecule has 0 unspecified atom stereocenters. The van der Waals surface area contributed by atoms with Crippen LogP contribution in [0.3, 0.4) is 0 Å². The molecule has 0 amide bonds. The van der Waals surface area contributed by atoms with Gasteiger partial charge >= 0.3 is 6.18 Å². The molecule has 0 saturated carbocycles. The molecule has 2 N–H and O–H groups in total. The number of halogens is 3. The van der Waals surface area contributed by atoms with Gasteiger partial charge < -0.3 is 4.90 Å². The van der Waals surface area contributed by atoms with E-state index in [1.807, 2.05) is 44.2 Å². The van der Waals surface area contributed by atoms with Gasteiger partial charge in [-0.3, -0.25) is 0 Å². The third-order valence-electron chi connectivity index (χ3n) is 5.14. The summed E-state index contributed by atoms with van der Waals surface area (Å²) in [5.41, 5.74) is -0.390. The second kappa shape index (κ2) is 6.49. The molecule has 1 saturated heterocycles. The topological polar surface area (TPSA) is 76.3 Å². The Kier molecular flexibility index (Phi) is 4.72. The average Bonchev–Trinajstić information content (AvgIpc) is 2.52. The molecule has 2 aromatic rings. The van der Waals surface area contributed by atoms with Crippen molar-refractivity contribution >= 4 is 15.8 Å². The van der Waals surface area contributed by atoms with Gasteiger partial charge in [0.15, 0.2) is 0 Å². The average molecular weight is 399 g/mol. The number of nitrogens with zero attached hydrogens (tertiary/aromatic N) is 2. The molecular formula is C18H20F3N3O2S. The molecular weight excluding hydrogens is 379 g/mol. The van der Waals surface area contributed by atoms with E-state index in [0.717, 1.165) is 11.6 Å². The maximum Gasteiger partial charge on any atom is 0.433 e. The molecule has 0 atom stereocenters. The Bertz CT molecular complexity index is 938. The number of pyridine rings is 1. The lowest BCUT2D eigenvalue weighted by atomic mass is 9.66. The Morgan fingerprint density at radius 1 is 1.11 bits per heavy atom. The standard InChI is InChI=1S/C18H20F3N3O2S/c1-12(2)17(13-6-4-3-5-7-13)10-24(11-17)16-14(27(22,25)26)8-9-15(23-16)18(19,20)21/h3-9,12H,10-11H2,1-2H3,(H2,22,25,26). The molecule has 1 aliphatic heterocycles. The van der Waals surface area contributed by atoms with E-state index in [-0.39, 0.29) is 17.2 Å². The van der Waals surface area contributed by atoms with Crippen molar-refractivity contribution in [1.29, 1.82) is 0 Å². The second-order valence-corrected chi connectivity index (χ2v) is 8.62. The van der Waals surface area contributed by atoms with Crippen molar-refractivity contribution in [2.45, 2.75) is 30.3 Å². The number of primary sulfonamides is 1. The molecule has 0 aliphatic carbocycles. The third kappa shape index (κ3) is 3.53. The minimum atomic E-state index is -4.68. The summed E-state index contributed by atoms with van der Waals surface area (Å²) in [6.45, 7) is 4.77. The zero-order valence-corrected chi connectivity index (χ0v) is 15.7. The quantitative estimate of drug-likeness (QED) is 0.857. The highest BCUT2D eigenvalue weighted by Gasteiger charge is 2.48. The lowest BCUT2D eigenvalue weighted by molar-refractivity contribution is -0.141. The van der Waals surface area contributed by atoms with Gasteiger partial charge in [0.25, 0.3) is 0 Å². The van der Waals surface area contributed by atoms with E-state index < -0.39 is 26.8 Å². The van der Waals surface area contributed by atoms with Crippen LogP contribution in [0, 0.1) is 5.92 Å². The number of benzene rings is 1. The summed E-state index contributed by atoms with van der Waals surface area (Å²) in [4.78, 5) is 4.73. The number of aromatic nitrogens is 1. The van der Waals surface area contributed by atoms with Crippen molar-refractivity contribution in [3.05, 3.63) is 53.7 Å². The van der Waals surface area contributed by atoms with Gasteiger partial charge in [0.05, 0.1) is 0 Å². The Balaban J connectivity index is 2.03. The normalized spacial score (nSPS) is 17.1. The number of hydrogen-bond acceptors (Lipinski definition) is 4. The number of anilines is 1. The predicted octanol–water partition coefficient (Wildman–Crippen LogP) is 3.16. The summed E-state index contributed by atoms with van der Waals surface area (Å²) in [6, 6.07) is 11.1. The molecule has 9 heteroatoms. The summed E-state index contributed by atoms with van der Waals surface area (Å²) in [6.07, 6.45) is -4.68. The highest BCUT2D eigenvalue weighted by Crippen LogP contribution is 2.44. The largest absolute Gasteiger partial charge is 0.433 e. The third-order valence-corrected chi connectivity index (χ3v) is 6.07. The van der Waals surface area contributed by atoms with Gasteiger partial charge in [-0.2, -0.15) is 13.2 Å². The molecule has 1 aliphatic rings. The van der Waals surface area contributed by atoms with Crippen LogP contribution in [0.1, 0.15) is 25.1 Å². The van der Waals surface area contributed by atoms with Crippen molar-refractivity contribution in [2.24, 2.45) is 11.1 Å². The van der Waals surface area contributed by atoms with E-state index in [4.69, 9.17) is 5.14 Å². The zero-order chi connectivity index (χ0) is 20.0. The summed E-state index contributed by atoms with van der Waals surface area (Å²) in [5, 5.41) is 5.20. The van der Waals surface area contributed by atoms with Crippen LogP contribution in [-0.2, 0) is 21.6 Å². The first kappa shape index (κ1) is 19.6. The van der Waals surface area contributed by atoms with Crippen LogP contribution < -0.4 is 10.0 Å². The summed E-state index contributed by atoms with van der Waals surface area (Å²) < 4.78 is 62.9. The first-order valence-corrected chi connectivity index (χ1v) is 9.91. The maximum absolute atomic E-state index is 13.1. The van der Waals surface area contributed by atoms with E-state index in [2.05, 4.69) is 4.98 Å². The predicted molar refractivity (Wildman–Crippen MR) is 95.8 cm³/mol. The van der Waals surface area contributed by atoms with Gasteiger partial charge in [0.1, 0.15) is 16.4 Å². The molecule has 2 heterocycles. The minimum absolute atomic E-state index is 0.194. The zero-order valence-electron chi connectivity index (χ0n) is 14.9. The van der Waals surface area contributed by atoms with Gasteiger partial charge in [-0.15, -0.1) is 0 Å². The van der Waals surface area contributed by atoms with E-state index >= 15 is 0 Å². The molecule has 1 aromatic carbocycles. The lowest BCUT2D eigenvalue weighted by Crippen LogP contribution is -2.62. The fourth-order valence-electron chi connectivity index (χ4n) is 3.48. The van der Waals surface area contributed by atoms with Gasteiger partial charge in [-0.25, -0.2) is 18.5 Å². The Hall–Kier alpha value is -2.13. The lowest BCUT2D eigenvalue weighted by Gasteiger charge is -2.54. The smallest absolute Gasteiger partial charge is 0.354 e. The van der Waals surface area contributed by atoms with E-state index in [9.17, 15) is 21.6 Å². The Morgan fingerprint density at radius 2 is 1.70 bits per heavy atom. The number of sulfonamides is 1.